The summed E-state index contributed by atoms with van der Waals surface area (Å²) in [4.78, 5) is 14.2. The number of ether oxygens (including phenoxy) is 1. The predicted molar refractivity (Wildman–Crippen MR) is 86.0 cm³/mol. The van der Waals surface area contributed by atoms with E-state index in [-0.39, 0.29) is 10.8 Å². The van der Waals surface area contributed by atoms with Gasteiger partial charge in [-0.05, 0) is 39.1 Å². The fraction of sp³-hybridized carbons (Fsp3) is 0.533. The normalized spacial score (nSPS) is 22.1. The number of fused-ring (bicyclic) bond motifs is 1. The van der Waals surface area contributed by atoms with Crippen LogP contribution in [0.2, 0.25) is 0 Å². The summed E-state index contributed by atoms with van der Waals surface area (Å²) in [5.41, 5.74) is -0.574. The van der Waals surface area contributed by atoms with Crippen molar-refractivity contribution >= 4 is 21.6 Å². The maximum Gasteiger partial charge on any atom is 0.268 e. The van der Waals surface area contributed by atoms with Gasteiger partial charge in [0.15, 0.2) is 5.60 Å². The molecule has 8 heteroatoms. The molecule has 1 N–H and O–H groups in total. The summed E-state index contributed by atoms with van der Waals surface area (Å²) in [6.45, 7) is 5.67. The number of carbonyl (C=O) groups is 1. The van der Waals surface area contributed by atoms with E-state index >= 15 is 0 Å². The molecule has 0 unspecified atom stereocenters. The first kappa shape index (κ1) is 16.2. The summed E-state index contributed by atoms with van der Waals surface area (Å²) >= 11 is 0. The number of likely N-dealkylation sites (N-methyl/N-ethyl adjacent to an activating group) is 1. The molecule has 0 aromatic heterocycles. The highest BCUT2D eigenvalue weighted by molar-refractivity contribution is 7.89. The van der Waals surface area contributed by atoms with Gasteiger partial charge in [-0.25, -0.2) is 8.42 Å². The van der Waals surface area contributed by atoms with Gasteiger partial charge in [-0.2, -0.15) is 4.31 Å². The van der Waals surface area contributed by atoms with Crippen LogP contribution < -0.4 is 10.1 Å². The lowest BCUT2D eigenvalue weighted by atomic mass is 10.1. The van der Waals surface area contributed by atoms with E-state index in [4.69, 9.17) is 4.74 Å². The van der Waals surface area contributed by atoms with Crippen LogP contribution >= 0.6 is 0 Å². The molecule has 1 saturated heterocycles. The zero-order chi connectivity index (χ0) is 16.8. The number of rotatable bonds is 2. The average molecular weight is 339 g/mol. The topological polar surface area (TPSA) is 79.0 Å². The minimum atomic E-state index is -3.57. The van der Waals surface area contributed by atoms with E-state index in [0.29, 0.717) is 37.6 Å². The lowest BCUT2D eigenvalue weighted by molar-refractivity contribution is -0.129. The number of hydrogen-bond acceptors (Lipinski definition) is 5. The Balaban J connectivity index is 1.90. The minimum Gasteiger partial charge on any atom is -0.476 e. The summed E-state index contributed by atoms with van der Waals surface area (Å²) in [7, 11) is -1.60. The van der Waals surface area contributed by atoms with E-state index in [1.807, 2.05) is 7.05 Å². The van der Waals surface area contributed by atoms with Gasteiger partial charge >= 0.3 is 0 Å². The van der Waals surface area contributed by atoms with Crippen molar-refractivity contribution in [1.29, 1.82) is 0 Å². The van der Waals surface area contributed by atoms with Crippen molar-refractivity contribution in [3.63, 3.8) is 0 Å². The Morgan fingerprint density at radius 3 is 2.48 bits per heavy atom. The van der Waals surface area contributed by atoms with E-state index in [2.05, 4.69) is 10.2 Å². The molecule has 3 rings (SSSR count). The second-order valence-corrected chi connectivity index (χ2v) is 8.37. The third-order valence-corrected chi connectivity index (χ3v) is 6.11. The summed E-state index contributed by atoms with van der Waals surface area (Å²) in [5, 5.41) is 2.72. The van der Waals surface area contributed by atoms with Crippen LogP contribution in [0.4, 0.5) is 5.69 Å². The van der Waals surface area contributed by atoms with E-state index in [9.17, 15) is 13.2 Å². The van der Waals surface area contributed by atoms with Gasteiger partial charge in [0, 0.05) is 26.2 Å². The highest BCUT2D eigenvalue weighted by Crippen LogP contribution is 2.35. The molecule has 0 aliphatic carbocycles. The van der Waals surface area contributed by atoms with Crippen molar-refractivity contribution in [2.75, 3.05) is 38.5 Å². The van der Waals surface area contributed by atoms with Crippen LogP contribution in [0, 0.1) is 0 Å². The van der Waals surface area contributed by atoms with Crippen LogP contribution in [-0.4, -0.2) is 62.4 Å². The molecule has 126 valence electrons. The molecule has 7 nitrogen and oxygen atoms in total. The summed E-state index contributed by atoms with van der Waals surface area (Å²) in [6, 6.07) is 4.59. The zero-order valence-corrected chi connectivity index (χ0v) is 14.3. The van der Waals surface area contributed by atoms with E-state index in [1.165, 1.54) is 16.4 Å². The fourth-order valence-electron chi connectivity index (χ4n) is 2.63. The van der Waals surface area contributed by atoms with Crippen LogP contribution in [0.25, 0.3) is 0 Å². The van der Waals surface area contributed by atoms with Crippen molar-refractivity contribution in [1.82, 2.24) is 9.21 Å². The van der Waals surface area contributed by atoms with Gasteiger partial charge in [0.25, 0.3) is 5.91 Å². The van der Waals surface area contributed by atoms with Gasteiger partial charge in [-0.15, -0.1) is 0 Å². The molecule has 2 aliphatic heterocycles. The summed E-state index contributed by atoms with van der Waals surface area (Å²) in [6.07, 6.45) is 0. The molecule has 0 saturated carbocycles. The summed E-state index contributed by atoms with van der Waals surface area (Å²) < 4.78 is 32.6. The number of piperazine rings is 1. The number of nitrogens with zero attached hydrogens (tertiary/aromatic N) is 2. The number of anilines is 1. The first-order valence-corrected chi connectivity index (χ1v) is 8.97. The van der Waals surface area contributed by atoms with Gasteiger partial charge in [0.1, 0.15) is 5.75 Å². The zero-order valence-electron chi connectivity index (χ0n) is 13.5. The maximum atomic E-state index is 12.7. The quantitative estimate of drug-likeness (QED) is 0.859. The third kappa shape index (κ3) is 2.93. The molecule has 1 aromatic carbocycles. The standard InChI is InChI=1S/C15H21N3O4S/c1-15(2)14(19)16-12-10-11(4-5-13(12)22-15)23(20,21)18-8-6-17(3)7-9-18/h4-5,10H,6-9H2,1-3H3,(H,16,19). The Labute approximate surface area is 136 Å². The molecule has 1 aromatic rings. The Morgan fingerprint density at radius 2 is 1.83 bits per heavy atom. The number of amides is 1. The van der Waals surface area contributed by atoms with Crippen LogP contribution in [0.15, 0.2) is 23.1 Å². The monoisotopic (exact) mass is 339 g/mol. The molecule has 1 amide bonds. The average Bonchev–Trinajstić information content (AvgIpc) is 2.48. The Hall–Kier alpha value is -1.64. The highest BCUT2D eigenvalue weighted by Gasteiger charge is 2.36. The van der Waals surface area contributed by atoms with E-state index in [0.717, 1.165) is 0 Å². The molecular weight excluding hydrogens is 318 g/mol. The fourth-order valence-corrected chi connectivity index (χ4v) is 4.08. The van der Waals surface area contributed by atoms with Crippen molar-refractivity contribution in [3.05, 3.63) is 18.2 Å². The predicted octanol–water partition coefficient (Wildman–Crippen LogP) is 0.732. The largest absolute Gasteiger partial charge is 0.476 e. The first-order chi connectivity index (χ1) is 10.7. The molecule has 1 fully saturated rings. The Kier molecular flexibility index (Phi) is 3.86. The number of benzene rings is 1. The van der Waals surface area contributed by atoms with Crippen molar-refractivity contribution in [2.24, 2.45) is 0 Å². The minimum absolute atomic E-state index is 0.171. The third-order valence-electron chi connectivity index (χ3n) is 4.21. The number of carbonyl (C=O) groups excluding carboxylic acids is 1. The Morgan fingerprint density at radius 1 is 1.17 bits per heavy atom. The maximum absolute atomic E-state index is 12.7. The van der Waals surface area contributed by atoms with Gasteiger partial charge < -0.3 is 15.0 Å². The molecule has 2 heterocycles. The van der Waals surface area contributed by atoms with Gasteiger partial charge in [0.2, 0.25) is 10.0 Å². The summed E-state index contributed by atoms with van der Waals surface area (Å²) in [5.74, 6) is 0.186. The van der Waals surface area contributed by atoms with Crippen LogP contribution in [0.3, 0.4) is 0 Å². The number of hydrogen-bond donors (Lipinski definition) is 1. The van der Waals surface area contributed by atoms with Crippen molar-refractivity contribution < 1.29 is 17.9 Å². The van der Waals surface area contributed by atoms with E-state index < -0.39 is 15.6 Å². The number of nitrogens with one attached hydrogen (secondary N) is 1. The van der Waals surface area contributed by atoms with Crippen molar-refractivity contribution in [2.45, 2.75) is 24.3 Å². The molecule has 0 radical (unpaired) electrons. The lowest BCUT2D eigenvalue weighted by Crippen LogP contribution is -2.47. The smallest absolute Gasteiger partial charge is 0.268 e. The first-order valence-electron chi connectivity index (χ1n) is 7.53. The second kappa shape index (κ2) is 5.47. The van der Waals surface area contributed by atoms with Crippen molar-refractivity contribution in [3.8, 4) is 5.75 Å². The lowest BCUT2D eigenvalue weighted by Gasteiger charge is -2.33. The van der Waals surface area contributed by atoms with Crippen LogP contribution in [-0.2, 0) is 14.8 Å². The number of sulfonamides is 1. The molecule has 0 atom stereocenters. The van der Waals surface area contributed by atoms with Crippen LogP contribution in [0.1, 0.15) is 13.8 Å². The molecule has 2 aliphatic rings. The Bertz CT molecular complexity index is 737. The van der Waals surface area contributed by atoms with Crippen LogP contribution in [0.5, 0.6) is 5.75 Å². The van der Waals surface area contributed by atoms with Gasteiger partial charge in [0.05, 0.1) is 10.6 Å². The highest BCUT2D eigenvalue weighted by atomic mass is 32.2. The second-order valence-electron chi connectivity index (χ2n) is 6.43. The molecule has 0 spiro atoms. The van der Waals surface area contributed by atoms with Gasteiger partial charge in [-0.3, -0.25) is 4.79 Å². The SMILES string of the molecule is CN1CCN(S(=O)(=O)c2ccc3c(c2)NC(=O)C(C)(C)O3)CC1. The van der Waals surface area contributed by atoms with Gasteiger partial charge in [-0.1, -0.05) is 0 Å². The molecule has 0 bridgehead atoms. The van der Waals surface area contributed by atoms with E-state index in [1.54, 1.807) is 19.9 Å². The molecular formula is C15H21N3O4S. The molecule has 23 heavy (non-hydrogen) atoms.